The molecule has 0 radical (unpaired) electrons. The molecule has 7 aliphatic rings. The molecule has 11 rings (SSSR count). The molecule has 4 amide bonds. The van der Waals surface area contributed by atoms with Crippen LogP contribution in [-0.2, 0) is 16.0 Å². The number of phenolic OH excluding ortho intramolecular Hbond substituents is 1. The summed E-state index contributed by atoms with van der Waals surface area (Å²) in [5.41, 5.74) is 8.55. The Balaban J connectivity index is 0.638. The van der Waals surface area contributed by atoms with Crippen molar-refractivity contribution in [1.82, 2.24) is 24.9 Å². The van der Waals surface area contributed by atoms with Crippen molar-refractivity contribution in [2.45, 2.75) is 107 Å². The second-order valence-electron chi connectivity index (χ2n) is 21.2. The highest BCUT2D eigenvalue weighted by Gasteiger charge is 2.45. The van der Waals surface area contributed by atoms with Gasteiger partial charge in [0.25, 0.3) is 11.8 Å². The minimum atomic E-state index is -0.939. The van der Waals surface area contributed by atoms with Gasteiger partial charge in [0, 0.05) is 76.4 Å². The van der Waals surface area contributed by atoms with E-state index in [9.17, 15) is 24.3 Å². The third-order valence-corrected chi connectivity index (χ3v) is 17.4. The van der Waals surface area contributed by atoms with E-state index in [2.05, 4.69) is 85.6 Å². The van der Waals surface area contributed by atoms with Gasteiger partial charge in [0.2, 0.25) is 11.8 Å². The molecule has 0 spiro atoms. The number of aromatic hydroxyl groups is 1. The maximum atomic E-state index is 13.5. The molecule has 356 valence electrons. The van der Waals surface area contributed by atoms with Gasteiger partial charge in [0.05, 0.1) is 11.1 Å². The van der Waals surface area contributed by atoms with E-state index in [1.165, 1.54) is 106 Å². The Hall–Kier alpha value is -5.36. The van der Waals surface area contributed by atoms with Gasteiger partial charge in [0.15, 0.2) is 0 Å². The van der Waals surface area contributed by atoms with Crippen LogP contribution in [0.2, 0.25) is 0 Å². The van der Waals surface area contributed by atoms with E-state index in [-0.39, 0.29) is 24.7 Å². The van der Waals surface area contributed by atoms with Gasteiger partial charge >= 0.3 is 0 Å². The van der Waals surface area contributed by atoms with Gasteiger partial charge in [-0.1, -0.05) is 67.4 Å². The molecule has 4 aromatic carbocycles. The maximum Gasteiger partial charge on any atom is 0.262 e. The van der Waals surface area contributed by atoms with Gasteiger partial charge in [-0.2, -0.15) is 0 Å². The van der Waals surface area contributed by atoms with Gasteiger partial charge in [-0.15, -0.1) is 0 Å². The van der Waals surface area contributed by atoms with Gasteiger partial charge in [-0.25, -0.2) is 0 Å². The fraction of sp³-hybridized carbons (Fsp3) is 0.509. The van der Waals surface area contributed by atoms with Crippen LogP contribution in [0.15, 0.2) is 91.0 Å². The highest BCUT2D eigenvalue weighted by atomic mass is 16.3. The number of aryl methyl sites for hydroxylation is 1. The lowest BCUT2D eigenvalue weighted by Crippen LogP contribution is -2.54. The zero-order valence-electron chi connectivity index (χ0n) is 39.6. The molecule has 5 fully saturated rings. The number of amides is 4. The second kappa shape index (κ2) is 19.6. The van der Waals surface area contributed by atoms with Crippen molar-refractivity contribution in [2.24, 2.45) is 11.8 Å². The topological polar surface area (TPSA) is 117 Å². The van der Waals surface area contributed by atoms with Crippen LogP contribution >= 0.6 is 0 Å². The highest BCUT2D eigenvalue weighted by molar-refractivity contribution is 6.23. The molecular weight excluding hydrogens is 849 g/mol. The number of piperazine rings is 1. The number of imide groups is 2. The van der Waals surface area contributed by atoms with Gasteiger partial charge < -0.3 is 19.8 Å². The summed E-state index contributed by atoms with van der Waals surface area (Å²) in [5.74, 6) is 1.05. The van der Waals surface area contributed by atoms with E-state index < -0.39 is 23.8 Å². The lowest BCUT2D eigenvalue weighted by atomic mass is 9.69. The lowest BCUT2D eigenvalue weighted by Gasteiger charge is -2.45. The van der Waals surface area contributed by atoms with Crippen LogP contribution in [0.3, 0.4) is 0 Å². The summed E-state index contributed by atoms with van der Waals surface area (Å²) in [6, 6.07) is 31.8. The molecule has 5 aliphatic heterocycles. The molecule has 4 saturated heterocycles. The molecule has 11 heteroatoms. The summed E-state index contributed by atoms with van der Waals surface area (Å²) < 4.78 is 0. The van der Waals surface area contributed by atoms with Gasteiger partial charge in [-0.3, -0.25) is 34.3 Å². The molecule has 11 nitrogen and oxygen atoms in total. The third kappa shape index (κ3) is 9.14. The lowest BCUT2D eigenvalue weighted by molar-refractivity contribution is -0.136. The molecule has 68 heavy (non-hydrogen) atoms. The predicted molar refractivity (Wildman–Crippen MR) is 264 cm³/mol. The number of anilines is 1. The summed E-state index contributed by atoms with van der Waals surface area (Å²) in [7, 11) is 0. The zero-order chi connectivity index (χ0) is 46.3. The van der Waals surface area contributed by atoms with E-state index in [1.807, 2.05) is 24.3 Å². The first kappa shape index (κ1) is 45.1. The average molecular weight is 917 g/mol. The predicted octanol–water partition coefficient (Wildman–Crippen LogP) is 7.93. The van der Waals surface area contributed by atoms with Crippen LogP contribution in [-0.4, -0.2) is 126 Å². The highest BCUT2D eigenvalue weighted by Crippen LogP contribution is 2.47. The first-order valence-corrected chi connectivity index (χ1v) is 26.0. The second-order valence-corrected chi connectivity index (χ2v) is 21.2. The molecule has 2 aliphatic carbocycles. The van der Waals surface area contributed by atoms with Crippen molar-refractivity contribution in [1.29, 1.82) is 0 Å². The quantitative estimate of drug-likeness (QED) is 0.153. The number of nitrogens with zero attached hydrogens (tertiary/aromatic N) is 5. The number of phenols is 1. The number of hydrogen-bond acceptors (Lipinski definition) is 9. The number of carbonyl (C=O) groups excluding carboxylic acids is 4. The average Bonchev–Trinajstić information content (AvgIpc) is 3.62. The van der Waals surface area contributed by atoms with Gasteiger partial charge in [-0.05, 0) is 159 Å². The molecule has 5 atom stereocenters. The Bertz CT molecular complexity index is 2490. The first-order valence-electron chi connectivity index (χ1n) is 26.0. The Morgan fingerprint density at radius 3 is 1.96 bits per heavy atom. The molecule has 0 bridgehead atoms. The Labute approximate surface area is 401 Å². The standard InChI is InChI=1S/C57H68N6O5/c64-47-16-19-49-42(34-47)13-17-48(39-6-2-1-3-7-39)54(49)40-10-14-45(15-11-40)61-28-24-46(25-29-61)62-32-30-60(31-33-62)37-44-9-5-4-8-43(44)36-59-26-22-38(23-27-59)41-12-18-50-51(35-41)57(68)63(56(50)67)52-20-21-53(65)58-55(52)66/h1-3,6-7,10-12,14-16,18-19,34-35,38,43-44,46,48,52,54,64H,4-5,8-9,13,17,20-33,36-37H2,(H,58,65,66)/t43-,44-,48+,52?,54-/m0/s1. The molecule has 4 aromatic rings. The van der Waals surface area contributed by atoms with Crippen LogP contribution < -0.4 is 10.2 Å². The monoisotopic (exact) mass is 917 g/mol. The number of nitrogens with one attached hydrogen (secondary N) is 1. The number of fused-ring (bicyclic) bond motifs is 2. The molecule has 1 saturated carbocycles. The largest absolute Gasteiger partial charge is 0.508 e. The van der Waals surface area contributed by atoms with Crippen LogP contribution in [0.1, 0.15) is 137 Å². The number of rotatable bonds is 10. The zero-order valence-corrected chi connectivity index (χ0v) is 39.6. The molecule has 1 unspecified atom stereocenters. The van der Waals surface area contributed by atoms with Crippen LogP contribution in [0.5, 0.6) is 5.75 Å². The van der Waals surface area contributed by atoms with Crippen LogP contribution in [0, 0.1) is 11.8 Å². The number of benzene rings is 4. The van der Waals surface area contributed by atoms with Gasteiger partial charge in [0.1, 0.15) is 11.8 Å². The van der Waals surface area contributed by atoms with Crippen LogP contribution in [0.25, 0.3) is 0 Å². The molecular formula is C57H68N6O5. The van der Waals surface area contributed by atoms with Crippen molar-refractivity contribution >= 4 is 29.3 Å². The van der Waals surface area contributed by atoms with Crippen molar-refractivity contribution in [3.05, 3.63) is 130 Å². The number of piperidine rings is 3. The number of carbonyl (C=O) groups is 4. The van der Waals surface area contributed by atoms with E-state index in [4.69, 9.17) is 0 Å². The minimum absolute atomic E-state index is 0.119. The van der Waals surface area contributed by atoms with E-state index >= 15 is 0 Å². The van der Waals surface area contributed by atoms with Crippen molar-refractivity contribution in [3.8, 4) is 5.75 Å². The molecule has 2 N–H and O–H groups in total. The Morgan fingerprint density at radius 2 is 1.25 bits per heavy atom. The maximum absolute atomic E-state index is 13.5. The first-order chi connectivity index (χ1) is 33.2. The smallest absolute Gasteiger partial charge is 0.262 e. The number of likely N-dealkylation sites (tertiary alicyclic amines) is 1. The summed E-state index contributed by atoms with van der Waals surface area (Å²) in [6.45, 7) is 11.4. The van der Waals surface area contributed by atoms with E-state index in [0.29, 0.717) is 34.8 Å². The Morgan fingerprint density at radius 1 is 0.574 bits per heavy atom. The fourth-order valence-corrected chi connectivity index (χ4v) is 13.6. The Kier molecular flexibility index (Phi) is 13.0. The molecule has 5 heterocycles. The summed E-state index contributed by atoms with van der Waals surface area (Å²) in [4.78, 5) is 62.9. The third-order valence-electron chi connectivity index (χ3n) is 17.4. The van der Waals surface area contributed by atoms with Crippen LogP contribution in [0.4, 0.5) is 5.69 Å². The van der Waals surface area contributed by atoms with Crippen molar-refractivity contribution in [2.75, 3.05) is 70.3 Å². The van der Waals surface area contributed by atoms with Crippen molar-refractivity contribution < 1.29 is 24.3 Å². The van der Waals surface area contributed by atoms with E-state index in [1.54, 1.807) is 6.07 Å². The normalized spacial score (nSPS) is 27.0. The minimum Gasteiger partial charge on any atom is -0.508 e. The number of hydrogen-bond donors (Lipinski definition) is 2. The van der Waals surface area contributed by atoms with E-state index in [0.717, 1.165) is 74.2 Å². The summed E-state index contributed by atoms with van der Waals surface area (Å²) in [5, 5.41) is 12.6. The SMILES string of the molecule is O=C1CCC(N2C(=O)c3ccc(C4CCN(C[C@@H]5CCCC[C@H]5CN5CCN(C6CCN(c7ccc([C@@H]8c9ccc(O)cc9CC[C@@H]8c8ccccc8)cc7)CC6)CC5)CC4)cc3C2=O)C(=O)N1. The fourth-order valence-electron chi connectivity index (χ4n) is 13.6. The summed E-state index contributed by atoms with van der Waals surface area (Å²) >= 11 is 0. The van der Waals surface area contributed by atoms with Crippen molar-refractivity contribution in [3.63, 3.8) is 0 Å². The summed E-state index contributed by atoms with van der Waals surface area (Å²) in [6.07, 6.45) is 12.2. The molecule has 0 aromatic heterocycles.